The number of piperazine rings is 1. The summed E-state index contributed by atoms with van der Waals surface area (Å²) in [6, 6.07) is 0.749. The summed E-state index contributed by atoms with van der Waals surface area (Å²) in [5.74, 6) is 2.59. The molecule has 0 aromatic rings. The number of nitrogens with one attached hydrogen (secondary N) is 1. The molecule has 2 rings (SSSR count). The zero-order valence-electron chi connectivity index (χ0n) is 14.4. The van der Waals surface area contributed by atoms with Crippen molar-refractivity contribution in [3.05, 3.63) is 0 Å². The fourth-order valence-electron chi connectivity index (χ4n) is 3.84. The van der Waals surface area contributed by atoms with Crippen molar-refractivity contribution in [1.82, 2.24) is 10.2 Å². The molecule has 1 N–H and O–H groups in total. The summed E-state index contributed by atoms with van der Waals surface area (Å²) in [5.41, 5.74) is 0.391. The average molecular weight is 280 g/mol. The first-order valence-electron chi connectivity index (χ1n) is 8.95. The van der Waals surface area contributed by atoms with E-state index in [1.165, 1.54) is 51.7 Å². The lowest BCUT2D eigenvalue weighted by molar-refractivity contribution is 0.0456. The predicted molar refractivity (Wildman–Crippen MR) is 88.0 cm³/mol. The van der Waals surface area contributed by atoms with Crippen LogP contribution in [0.3, 0.4) is 0 Å². The van der Waals surface area contributed by atoms with E-state index in [0.717, 1.165) is 23.8 Å². The number of hydrogen-bond donors (Lipinski definition) is 1. The molecule has 0 aromatic carbocycles. The Kier molecular flexibility index (Phi) is 5.53. The van der Waals surface area contributed by atoms with Gasteiger partial charge in [0.25, 0.3) is 0 Å². The summed E-state index contributed by atoms with van der Waals surface area (Å²) >= 11 is 0. The highest BCUT2D eigenvalue weighted by molar-refractivity contribution is 5.04. The van der Waals surface area contributed by atoms with Gasteiger partial charge in [0.15, 0.2) is 0 Å². The van der Waals surface area contributed by atoms with Gasteiger partial charge in [-0.25, -0.2) is 0 Å². The van der Waals surface area contributed by atoms with Crippen LogP contribution in [0.4, 0.5) is 0 Å². The zero-order chi connectivity index (χ0) is 14.8. The predicted octanol–water partition coefficient (Wildman–Crippen LogP) is 3.91. The topological polar surface area (TPSA) is 15.3 Å². The molecule has 0 amide bonds. The second-order valence-corrected chi connectivity index (χ2v) is 8.03. The van der Waals surface area contributed by atoms with E-state index in [2.05, 4.69) is 44.8 Å². The van der Waals surface area contributed by atoms with Gasteiger partial charge in [-0.2, -0.15) is 0 Å². The van der Waals surface area contributed by atoms with Gasteiger partial charge in [-0.1, -0.05) is 34.1 Å². The van der Waals surface area contributed by atoms with Crippen molar-refractivity contribution in [3.8, 4) is 0 Å². The molecule has 0 spiro atoms. The SMILES string of the molecule is CCC(C)C1CNC(C)(C2CC2)CN1CCCC(C)C. The van der Waals surface area contributed by atoms with Gasteiger partial charge < -0.3 is 5.32 Å². The van der Waals surface area contributed by atoms with Gasteiger partial charge in [-0.05, 0) is 56.9 Å². The molecule has 1 heterocycles. The minimum absolute atomic E-state index is 0.391. The Hall–Kier alpha value is -0.0800. The highest BCUT2D eigenvalue weighted by Gasteiger charge is 2.46. The van der Waals surface area contributed by atoms with Gasteiger partial charge in [0, 0.05) is 24.7 Å². The second-order valence-electron chi connectivity index (χ2n) is 8.03. The third kappa shape index (κ3) is 3.98. The van der Waals surface area contributed by atoms with E-state index in [1.54, 1.807) is 0 Å². The molecule has 118 valence electrons. The lowest BCUT2D eigenvalue weighted by atomic mass is 9.86. The Morgan fingerprint density at radius 2 is 1.95 bits per heavy atom. The average Bonchev–Trinajstić information content (AvgIpc) is 3.22. The molecule has 3 unspecified atom stereocenters. The third-order valence-electron chi connectivity index (χ3n) is 5.72. The van der Waals surface area contributed by atoms with Crippen LogP contribution in [-0.2, 0) is 0 Å². The van der Waals surface area contributed by atoms with Crippen LogP contribution in [0.5, 0.6) is 0 Å². The van der Waals surface area contributed by atoms with Crippen LogP contribution in [0, 0.1) is 17.8 Å². The summed E-state index contributed by atoms with van der Waals surface area (Å²) in [4.78, 5) is 2.82. The highest BCUT2D eigenvalue weighted by atomic mass is 15.3. The van der Waals surface area contributed by atoms with Crippen molar-refractivity contribution < 1.29 is 0 Å². The van der Waals surface area contributed by atoms with Crippen LogP contribution in [-0.4, -0.2) is 36.1 Å². The normalized spacial score (nSPS) is 33.6. The molecular weight excluding hydrogens is 244 g/mol. The molecule has 1 aliphatic heterocycles. The van der Waals surface area contributed by atoms with Gasteiger partial charge in [-0.3, -0.25) is 4.90 Å². The lowest BCUT2D eigenvalue weighted by Crippen LogP contribution is -2.65. The summed E-state index contributed by atoms with van der Waals surface area (Å²) in [6.45, 7) is 15.7. The van der Waals surface area contributed by atoms with Crippen LogP contribution in [0.1, 0.15) is 66.7 Å². The van der Waals surface area contributed by atoms with Gasteiger partial charge in [0.1, 0.15) is 0 Å². The van der Waals surface area contributed by atoms with E-state index in [4.69, 9.17) is 0 Å². The monoisotopic (exact) mass is 280 g/mol. The van der Waals surface area contributed by atoms with E-state index >= 15 is 0 Å². The molecule has 2 heteroatoms. The molecule has 2 aliphatic rings. The molecule has 2 fully saturated rings. The van der Waals surface area contributed by atoms with E-state index < -0.39 is 0 Å². The molecule has 3 atom stereocenters. The smallest absolute Gasteiger partial charge is 0.0309 e. The van der Waals surface area contributed by atoms with E-state index in [-0.39, 0.29) is 0 Å². The van der Waals surface area contributed by atoms with Crippen molar-refractivity contribution in [1.29, 1.82) is 0 Å². The van der Waals surface area contributed by atoms with Crippen molar-refractivity contribution >= 4 is 0 Å². The standard InChI is InChI=1S/C18H36N2/c1-6-15(4)17-12-19-18(5,16-9-10-16)13-20(17)11-7-8-14(2)3/h14-17,19H,6-13H2,1-5H3. The van der Waals surface area contributed by atoms with Gasteiger partial charge in [-0.15, -0.1) is 0 Å². The first-order chi connectivity index (χ1) is 9.46. The Morgan fingerprint density at radius 1 is 1.25 bits per heavy atom. The minimum atomic E-state index is 0.391. The number of rotatable bonds is 7. The molecule has 1 saturated heterocycles. The minimum Gasteiger partial charge on any atom is -0.308 e. The largest absolute Gasteiger partial charge is 0.308 e. The van der Waals surface area contributed by atoms with E-state index in [0.29, 0.717) is 5.54 Å². The van der Waals surface area contributed by atoms with Crippen LogP contribution in [0.25, 0.3) is 0 Å². The lowest BCUT2D eigenvalue weighted by Gasteiger charge is -2.48. The molecule has 2 nitrogen and oxygen atoms in total. The highest BCUT2D eigenvalue weighted by Crippen LogP contribution is 2.42. The first-order valence-corrected chi connectivity index (χ1v) is 8.95. The molecule has 0 radical (unpaired) electrons. The van der Waals surface area contributed by atoms with E-state index in [9.17, 15) is 0 Å². The van der Waals surface area contributed by atoms with Crippen molar-refractivity contribution in [3.63, 3.8) is 0 Å². The molecule has 1 aliphatic carbocycles. The quantitative estimate of drug-likeness (QED) is 0.760. The maximum Gasteiger partial charge on any atom is 0.0309 e. The fraction of sp³-hybridized carbons (Fsp3) is 1.00. The maximum absolute atomic E-state index is 3.91. The maximum atomic E-state index is 3.91. The van der Waals surface area contributed by atoms with Gasteiger partial charge in [0.2, 0.25) is 0 Å². The van der Waals surface area contributed by atoms with Crippen molar-refractivity contribution in [2.75, 3.05) is 19.6 Å². The zero-order valence-corrected chi connectivity index (χ0v) is 14.4. The van der Waals surface area contributed by atoms with Crippen LogP contribution in [0.2, 0.25) is 0 Å². The Balaban J connectivity index is 1.94. The summed E-state index contributed by atoms with van der Waals surface area (Å²) in [6.07, 6.45) is 6.92. The molecule has 0 bridgehead atoms. The first kappa shape index (κ1) is 16.3. The summed E-state index contributed by atoms with van der Waals surface area (Å²) < 4.78 is 0. The molecule has 0 aromatic heterocycles. The summed E-state index contributed by atoms with van der Waals surface area (Å²) in [5, 5.41) is 3.91. The van der Waals surface area contributed by atoms with Gasteiger partial charge in [0.05, 0.1) is 0 Å². The fourth-order valence-corrected chi connectivity index (χ4v) is 3.84. The number of hydrogen-bond acceptors (Lipinski definition) is 2. The Bertz CT molecular complexity index is 298. The molecule has 1 saturated carbocycles. The number of nitrogens with zero attached hydrogens (tertiary/aromatic N) is 1. The Labute approximate surface area is 126 Å². The van der Waals surface area contributed by atoms with Crippen LogP contribution >= 0.6 is 0 Å². The van der Waals surface area contributed by atoms with Crippen LogP contribution < -0.4 is 5.32 Å². The van der Waals surface area contributed by atoms with Crippen LogP contribution in [0.15, 0.2) is 0 Å². The second kappa shape index (κ2) is 6.79. The third-order valence-corrected chi connectivity index (χ3v) is 5.72. The van der Waals surface area contributed by atoms with Crippen molar-refractivity contribution in [2.24, 2.45) is 17.8 Å². The van der Waals surface area contributed by atoms with Gasteiger partial charge >= 0.3 is 0 Å². The summed E-state index contributed by atoms with van der Waals surface area (Å²) in [7, 11) is 0. The van der Waals surface area contributed by atoms with E-state index in [1.807, 2.05) is 0 Å². The molecular formula is C18H36N2. The van der Waals surface area contributed by atoms with Crippen molar-refractivity contribution in [2.45, 2.75) is 78.3 Å². The Morgan fingerprint density at radius 3 is 2.50 bits per heavy atom. The molecule has 20 heavy (non-hydrogen) atoms.